The molecule has 0 aliphatic heterocycles. The van der Waals surface area contributed by atoms with Crippen molar-refractivity contribution in [2.24, 2.45) is 0 Å². The molecule has 0 N–H and O–H groups in total. The van der Waals surface area contributed by atoms with E-state index in [1.807, 2.05) is 0 Å². The fourth-order valence-corrected chi connectivity index (χ4v) is 1.89. The predicted molar refractivity (Wildman–Crippen MR) is 76.4 cm³/mol. The highest BCUT2D eigenvalue weighted by atomic mass is 14.0. The second kappa shape index (κ2) is 4.02. The van der Waals surface area contributed by atoms with Crippen molar-refractivity contribution in [3.8, 4) is 11.1 Å². The van der Waals surface area contributed by atoms with Gasteiger partial charge in [-0.1, -0.05) is 53.4 Å². The summed E-state index contributed by atoms with van der Waals surface area (Å²) in [7, 11) is 6.55. The summed E-state index contributed by atoms with van der Waals surface area (Å²) in [5, 5.41) is 0. The van der Waals surface area contributed by atoms with E-state index in [2.05, 4.69) is 66.0 Å². The molecule has 0 heterocycles. The Kier molecular flexibility index (Phi) is 2.72. The van der Waals surface area contributed by atoms with Crippen molar-refractivity contribution in [2.45, 2.75) is 0 Å². The topological polar surface area (TPSA) is 0 Å². The summed E-state index contributed by atoms with van der Waals surface area (Å²) in [6.45, 7) is 0. The van der Waals surface area contributed by atoms with Gasteiger partial charge in [-0.15, -0.1) is 5.46 Å². The minimum Gasteiger partial charge on any atom is -0.101 e. The van der Waals surface area contributed by atoms with Crippen molar-refractivity contribution < 1.29 is 0 Å². The van der Waals surface area contributed by atoms with E-state index >= 15 is 0 Å². The molecule has 2 rings (SSSR count). The Morgan fingerprint density at radius 2 is 1.33 bits per heavy atom. The molecule has 0 saturated heterocycles. The summed E-state index contributed by atoms with van der Waals surface area (Å²) in [6.07, 6.45) is 0. The van der Waals surface area contributed by atoms with Crippen LogP contribution in [0.25, 0.3) is 11.1 Å². The summed E-state index contributed by atoms with van der Waals surface area (Å²) in [6, 6.07) is 15.0. The van der Waals surface area contributed by atoms with Gasteiger partial charge < -0.3 is 0 Å². The van der Waals surface area contributed by atoms with Crippen LogP contribution in [0.15, 0.2) is 42.5 Å². The second-order valence-corrected chi connectivity index (χ2v) is 4.05. The minimum absolute atomic E-state index is 1.30. The number of hydrogen-bond donors (Lipinski definition) is 0. The average Bonchev–Trinajstić information content (AvgIpc) is 2.27. The first-order chi connectivity index (χ1) is 7.20. The third-order valence-corrected chi connectivity index (χ3v) is 3.14. The van der Waals surface area contributed by atoms with Gasteiger partial charge in [0.05, 0.1) is 0 Å². The Morgan fingerprint density at radius 3 is 2.00 bits per heavy atom. The highest BCUT2D eigenvalue weighted by molar-refractivity contribution is 6.58. The van der Waals surface area contributed by atoms with Gasteiger partial charge in [0.25, 0.3) is 0 Å². The maximum atomic E-state index is 2.22. The minimum atomic E-state index is 1.30. The van der Waals surface area contributed by atoms with Crippen molar-refractivity contribution >= 4 is 39.9 Å². The Balaban J connectivity index is 2.60. The van der Waals surface area contributed by atoms with Crippen LogP contribution < -0.4 is 16.4 Å². The van der Waals surface area contributed by atoms with E-state index in [1.54, 1.807) is 0 Å². The van der Waals surface area contributed by atoms with Gasteiger partial charge in [0.1, 0.15) is 23.5 Å². The van der Waals surface area contributed by atoms with Gasteiger partial charge in [-0.25, -0.2) is 0 Å². The average molecular weight is 190 g/mol. The second-order valence-electron chi connectivity index (χ2n) is 4.05. The van der Waals surface area contributed by atoms with Gasteiger partial charge >= 0.3 is 0 Å². The maximum absolute atomic E-state index is 2.22. The van der Waals surface area contributed by atoms with Crippen LogP contribution in [0.4, 0.5) is 0 Å². The molecule has 0 nitrogen and oxygen atoms in total. The maximum Gasteiger partial charge on any atom is 0.139 e. The highest BCUT2D eigenvalue weighted by Gasteiger charge is 2.04. The van der Waals surface area contributed by atoms with Crippen LogP contribution in [0.1, 0.15) is 0 Å². The number of benzene rings is 2. The fourth-order valence-electron chi connectivity index (χ4n) is 1.89. The Bertz CT molecular complexity index is 478. The standard InChI is InChI=1S/C12H13B3/c13-10-7-6-9(11(14)12(10)15)8-4-2-1-3-5-8/h1-7H,13-15H2. The van der Waals surface area contributed by atoms with E-state index in [1.165, 1.54) is 27.5 Å². The van der Waals surface area contributed by atoms with Gasteiger partial charge in [-0.05, 0) is 11.1 Å². The van der Waals surface area contributed by atoms with Crippen molar-refractivity contribution in [1.82, 2.24) is 0 Å². The van der Waals surface area contributed by atoms with E-state index in [-0.39, 0.29) is 0 Å². The molecular formula is C12H13B3. The molecule has 3 heteroatoms. The van der Waals surface area contributed by atoms with Gasteiger partial charge in [0.2, 0.25) is 0 Å². The molecule has 0 fully saturated rings. The van der Waals surface area contributed by atoms with Crippen molar-refractivity contribution in [3.05, 3.63) is 42.5 Å². The third-order valence-electron chi connectivity index (χ3n) is 3.14. The van der Waals surface area contributed by atoms with Crippen LogP contribution in [0.5, 0.6) is 0 Å². The fraction of sp³-hybridized carbons (Fsp3) is 0. The van der Waals surface area contributed by atoms with Gasteiger partial charge in [-0.2, -0.15) is 0 Å². The lowest BCUT2D eigenvalue weighted by Gasteiger charge is -2.11. The molecule has 0 radical (unpaired) electrons. The molecule has 0 aromatic heterocycles. The SMILES string of the molecule is Bc1ccc(-c2ccccc2)c(B)c1B. The van der Waals surface area contributed by atoms with Gasteiger partial charge in [-0.3, -0.25) is 0 Å². The quantitative estimate of drug-likeness (QED) is 0.462. The predicted octanol–water partition coefficient (Wildman–Crippen LogP) is -1.87. The van der Waals surface area contributed by atoms with Gasteiger partial charge in [0.15, 0.2) is 0 Å². The van der Waals surface area contributed by atoms with Crippen LogP contribution in [0.3, 0.4) is 0 Å². The van der Waals surface area contributed by atoms with Crippen molar-refractivity contribution in [1.29, 1.82) is 0 Å². The third kappa shape index (κ3) is 1.87. The lowest BCUT2D eigenvalue weighted by Crippen LogP contribution is -2.39. The summed E-state index contributed by atoms with van der Waals surface area (Å²) in [5.74, 6) is 0. The molecule has 0 aliphatic rings. The van der Waals surface area contributed by atoms with Crippen LogP contribution in [0.2, 0.25) is 0 Å². The van der Waals surface area contributed by atoms with Crippen molar-refractivity contribution in [2.75, 3.05) is 0 Å². The molecule has 0 aliphatic carbocycles. The molecule has 2 aromatic carbocycles. The summed E-state index contributed by atoms with van der Waals surface area (Å²) < 4.78 is 0. The molecule has 0 saturated carbocycles. The van der Waals surface area contributed by atoms with E-state index in [0.717, 1.165) is 0 Å². The molecular weight excluding hydrogens is 177 g/mol. The molecule has 15 heavy (non-hydrogen) atoms. The normalized spacial score (nSPS) is 10.1. The monoisotopic (exact) mass is 190 g/mol. The zero-order chi connectivity index (χ0) is 10.8. The van der Waals surface area contributed by atoms with Crippen LogP contribution in [-0.2, 0) is 0 Å². The molecule has 0 atom stereocenters. The van der Waals surface area contributed by atoms with E-state index in [4.69, 9.17) is 0 Å². The molecule has 0 amide bonds. The number of hydrogen-bond acceptors (Lipinski definition) is 0. The first-order valence-corrected chi connectivity index (χ1v) is 5.32. The smallest absolute Gasteiger partial charge is 0.101 e. The molecule has 2 aromatic rings. The van der Waals surface area contributed by atoms with E-state index in [0.29, 0.717) is 0 Å². The van der Waals surface area contributed by atoms with Crippen LogP contribution in [-0.4, -0.2) is 23.5 Å². The highest BCUT2D eigenvalue weighted by Crippen LogP contribution is 2.14. The van der Waals surface area contributed by atoms with Crippen LogP contribution in [0, 0.1) is 0 Å². The summed E-state index contributed by atoms with van der Waals surface area (Å²) in [5.41, 5.74) is 6.81. The largest absolute Gasteiger partial charge is 0.139 e. The molecule has 0 unspecified atom stereocenters. The first-order valence-electron chi connectivity index (χ1n) is 5.32. The Labute approximate surface area is 93.9 Å². The molecule has 0 spiro atoms. The van der Waals surface area contributed by atoms with Gasteiger partial charge in [0, 0.05) is 0 Å². The zero-order valence-corrected chi connectivity index (χ0v) is 9.54. The Morgan fingerprint density at radius 1 is 0.667 bits per heavy atom. The van der Waals surface area contributed by atoms with E-state index in [9.17, 15) is 0 Å². The first kappa shape index (κ1) is 10.2. The molecule has 70 valence electrons. The Hall–Kier alpha value is -1.37. The lowest BCUT2D eigenvalue weighted by molar-refractivity contribution is 1.67. The number of rotatable bonds is 1. The lowest BCUT2D eigenvalue weighted by atomic mass is 9.70. The summed E-state index contributed by atoms with van der Waals surface area (Å²) in [4.78, 5) is 0. The van der Waals surface area contributed by atoms with Crippen molar-refractivity contribution in [3.63, 3.8) is 0 Å². The zero-order valence-electron chi connectivity index (χ0n) is 9.54. The van der Waals surface area contributed by atoms with Crippen LogP contribution >= 0.6 is 0 Å². The molecule has 0 bridgehead atoms. The summed E-state index contributed by atoms with van der Waals surface area (Å²) >= 11 is 0. The van der Waals surface area contributed by atoms with E-state index < -0.39 is 0 Å².